The van der Waals surface area contributed by atoms with Crippen LogP contribution < -0.4 is 48.3 Å². The number of aromatic hydroxyl groups is 1. The molecule has 20 nitrogen and oxygen atoms in total. The van der Waals surface area contributed by atoms with Gasteiger partial charge in [-0.05, 0) is 60.3 Å². The molecule has 0 aromatic heterocycles. The Morgan fingerprint density at radius 1 is 0.610 bits per heavy atom. The van der Waals surface area contributed by atoms with Crippen LogP contribution in [-0.4, -0.2) is 132 Å². The highest BCUT2D eigenvalue weighted by Gasteiger charge is 2.29. The van der Waals surface area contributed by atoms with Crippen LogP contribution in [-0.2, 0) is 49.6 Å². The molecule has 0 spiro atoms. The van der Waals surface area contributed by atoms with Crippen molar-refractivity contribution in [3.05, 3.63) is 29.8 Å². The second-order valence-corrected chi connectivity index (χ2v) is 15.9. The zero-order chi connectivity index (χ0) is 44.8. The van der Waals surface area contributed by atoms with Gasteiger partial charge in [0.25, 0.3) is 0 Å². The number of carbonyl (C=O) groups excluding carboxylic acids is 8. The summed E-state index contributed by atoms with van der Waals surface area (Å²) in [6.07, 6.45) is 2.03. The largest absolute Gasteiger partial charge is 0.508 e. The van der Waals surface area contributed by atoms with Crippen molar-refractivity contribution in [1.29, 1.82) is 0 Å². The van der Waals surface area contributed by atoms with Crippen LogP contribution in [0.3, 0.4) is 0 Å². The van der Waals surface area contributed by atoms with E-state index in [0.717, 1.165) is 0 Å². The molecule has 0 aliphatic heterocycles. The molecule has 21 heteroatoms. The average Bonchev–Trinajstić information content (AvgIpc) is 3.17. The van der Waals surface area contributed by atoms with E-state index in [9.17, 15) is 53.4 Å². The molecule has 330 valence electrons. The van der Waals surface area contributed by atoms with Crippen molar-refractivity contribution in [2.24, 2.45) is 23.5 Å². The van der Waals surface area contributed by atoms with Crippen molar-refractivity contribution >= 4 is 65.0 Å². The maximum absolute atomic E-state index is 13.1. The number of benzene rings is 1. The Hall–Kier alpha value is -5.44. The smallest absolute Gasteiger partial charge is 0.326 e. The molecule has 0 aliphatic carbocycles. The van der Waals surface area contributed by atoms with Crippen LogP contribution in [0.15, 0.2) is 24.3 Å². The Bertz CT molecular complexity index is 1610. The molecule has 0 radical (unpaired) electrons. The third kappa shape index (κ3) is 20.7. The molecule has 0 aliphatic rings. The van der Waals surface area contributed by atoms with Gasteiger partial charge in [0.1, 0.15) is 29.9 Å². The van der Waals surface area contributed by atoms with Crippen molar-refractivity contribution in [3.8, 4) is 5.75 Å². The topological polar surface area (TPSA) is 316 Å². The fourth-order valence-electron chi connectivity index (χ4n) is 5.17. The molecule has 0 heterocycles. The molecule has 8 amide bonds. The summed E-state index contributed by atoms with van der Waals surface area (Å²) in [7, 11) is 0. The van der Waals surface area contributed by atoms with E-state index < -0.39 is 110 Å². The number of aliphatic carboxylic acids is 1. The Labute approximate surface area is 348 Å². The van der Waals surface area contributed by atoms with E-state index in [1.54, 1.807) is 47.8 Å². The predicted octanol–water partition coefficient (Wildman–Crippen LogP) is -2.14. The summed E-state index contributed by atoms with van der Waals surface area (Å²) in [6, 6.07) is 0.494. The Kier molecular flexibility index (Phi) is 23.2. The van der Waals surface area contributed by atoms with Gasteiger partial charge >= 0.3 is 5.97 Å². The lowest BCUT2D eigenvalue weighted by atomic mass is 10.0. The van der Waals surface area contributed by atoms with Gasteiger partial charge in [-0.25, -0.2) is 4.79 Å². The van der Waals surface area contributed by atoms with E-state index in [-0.39, 0.29) is 42.8 Å². The minimum absolute atomic E-state index is 0.0217. The van der Waals surface area contributed by atoms with Crippen molar-refractivity contribution in [1.82, 2.24) is 42.5 Å². The first-order valence-electron chi connectivity index (χ1n) is 19.2. The summed E-state index contributed by atoms with van der Waals surface area (Å²) in [4.78, 5) is 113. The minimum Gasteiger partial charge on any atom is -0.508 e. The molecule has 0 saturated heterocycles. The molecular weight excluding hydrogens is 791 g/mol. The average molecular weight is 852 g/mol. The van der Waals surface area contributed by atoms with Crippen LogP contribution in [0.1, 0.15) is 59.9 Å². The van der Waals surface area contributed by atoms with Crippen LogP contribution in [0.25, 0.3) is 0 Å². The molecule has 1 aromatic rings. The summed E-state index contributed by atoms with van der Waals surface area (Å²) in [5.74, 6) is -7.00. The number of phenolic OH excluding ortho intramolecular Hbond substituents is 1. The number of rotatable bonds is 26. The molecule has 0 fully saturated rings. The maximum Gasteiger partial charge on any atom is 0.326 e. The van der Waals surface area contributed by atoms with Crippen molar-refractivity contribution in [3.63, 3.8) is 0 Å². The first-order valence-corrected chi connectivity index (χ1v) is 20.6. The third-order valence-electron chi connectivity index (χ3n) is 8.62. The Morgan fingerprint density at radius 3 is 1.59 bits per heavy atom. The fourth-order valence-corrected chi connectivity index (χ4v) is 5.65. The molecule has 5 atom stereocenters. The summed E-state index contributed by atoms with van der Waals surface area (Å²) < 4.78 is 0. The van der Waals surface area contributed by atoms with E-state index >= 15 is 0 Å². The Balaban J connectivity index is 2.72. The van der Waals surface area contributed by atoms with Gasteiger partial charge in [0.15, 0.2) is 0 Å². The molecule has 59 heavy (non-hydrogen) atoms. The van der Waals surface area contributed by atoms with Gasteiger partial charge in [-0.1, -0.05) is 53.7 Å². The highest BCUT2D eigenvalue weighted by molar-refractivity contribution is 7.98. The van der Waals surface area contributed by atoms with E-state index in [0.29, 0.717) is 11.3 Å². The van der Waals surface area contributed by atoms with E-state index in [1.807, 2.05) is 0 Å². The lowest BCUT2D eigenvalue weighted by molar-refractivity contribution is -0.142. The predicted molar refractivity (Wildman–Crippen MR) is 219 cm³/mol. The highest BCUT2D eigenvalue weighted by Crippen LogP contribution is 2.12. The monoisotopic (exact) mass is 851 g/mol. The summed E-state index contributed by atoms with van der Waals surface area (Å²) in [5.41, 5.74) is 6.42. The van der Waals surface area contributed by atoms with Crippen LogP contribution in [0.5, 0.6) is 5.75 Å². The molecule has 0 unspecified atom stereocenters. The lowest BCUT2D eigenvalue weighted by Gasteiger charge is -2.24. The van der Waals surface area contributed by atoms with Gasteiger partial charge in [0.05, 0.1) is 32.2 Å². The van der Waals surface area contributed by atoms with Gasteiger partial charge in [-0.2, -0.15) is 11.8 Å². The maximum atomic E-state index is 13.1. The van der Waals surface area contributed by atoms with Gasteiger partial charge in [-0.15, -0.1) is 0 Å². The second-order valence-electron chi connectivity index (χ2n) is 14.9. The molecule has 1 aromatic carbocycles. The quantitative estimate of drug-likeness (QED) is 0.0475. The Morgan fingerprint density at radius 2 is 1.12 bits per heavy atom. The van der Waals surface area contributed by atoms with E-state index in [2.05, 4.69) is 42.5 Å². The summed E-state index contributed by atoms with van der Waals surface area (Å²) in [6.45, 7) is 8.32. The molecule has 0 bridgehead atoms. The third-order valence-corrected chi connectivity index (χ3v) is 9.26. The van der Waals surface area contributed by atoms with Crippen LogP contribution in [0, 0.1) is 17.8 Å². The summed E-state index contributed by atoms with van der Waals surface area (Å²) in [5, 5.41) is 38.7. The van der Waals surface area contributed by atoms with Crippen LogP contribution in [0.2, 0.25) is 0 Å². The number of nitrogens with one attached hydrogen (secondary N) is 8. The fraction of sp³-hybridized carbons (Fsp3) is 0.605. The zero-order valence-electron chi connectivity index (χ0n) is 34.6. The molecule has 12 N–H and O–H groups in total. The molecular formula is C38H61N9O11S. The number of amides is 8. The first kappa shape index (κ1) is 51.6. The number of carboxylic acids is 1. The van der Waals surface area contributed by atoms with Crippen molar-refractivity contribution in [2.75, 3.05) is 38.2 Å². The SMILES string of the molecule is CSCC[C@H](NC(=O)[C@H](Cc1ccc(O)cc1)NC(=O)CNC(=O)CNC(=O)[C@H](CC(C)C)NC(=O)CNC(=O)CNC(=O)[C@@H](NC(=O)[C@@H](N)C(C)C)C(C)C)C(=O)O. The van der Waals surface area contributed by atoms with Gasteiger partial charge in [0, 0.05) is 6.42 Å². The van der Waals surface area contributed by atoms with E-state index in [1.165, 1.54) is 36.0 Å². The van der Waals surface area contributed by atoms with Gasteiger partial charge in [-0.3, -0.25) is 38.4 Å². The first-order chi connectivity index (χ1) is 27.6. The van der Waals surface area contributed by atoms with Crippen molar-refractivity contribution in [2.45, 2.75) is 91.0 Å². The normalized spacial score (nSPS) is 13.5. The zero-order valence-corrected chi connectivity index (χ0v) is 35.5. The number of hydrogen-bond donors (Lipinski definition) is 11. The number of thioether (sulfide) groups is 1. The standard InChI is InChI=1S/C38H61N9O11S/c1-20(2)14-26(44-30(51)18-41-29(50)17-43-37(56)33(22(5)6)47-36(55)32(39)21(3)4)34(53)42-16-28(49)40-19-31(52)45-27(15-23-8-10-24(48)11-9-23)35(54)46-25(38(57)58)12-13-59-7/h8-11,20-22,25-27,32-33,48H,12-19,39H2,1-7H3,(H,40,49)(H,41,50)(H,42,53)(H,43,56)(H,44,51)(H,45,52)(H,46,54)(H,47,55)(H,57,58)/t25-,26-,27-,32-,33-/m0/s1. The van der Waals surface area contributed by atoms with Gasteiger partial charge < -0.3 is 58.5 Å². The van der Waals surface area contributed by atoms with Crippen LogP contribution >= 0.6 is 11.8 Å². The van der Waals surface area contributed by atoms with Crippen LogP contribution in [0.4, 0.5) is 0 Å². The molecule has 0 saturated carbocycles. The van der Waals surface area contributed by atoms with E-state index in [4.69, 9.17) is 5.73 Å². The van der Waals surface area contributed by atoms with Gasteiger partial charge in [0.2, 0.25) is 47.3 Å². The lowest BCUT2D eigenvalue weighted by Crippen LogP contribution is -2.56. The second kappa shape index (κ2) is 26.5. The number of hydrogen-bond acceptors (Lipinski definition) is 12. The minimum atomic E-state index is -1.25. The summed E-state index contributed by atoms with van der Waals surface area (Å²) >= 11 is 1.40. The van der Waals surface area contributed by atoms with Crippen molar-refractivity contribution < 1.29 is 53.4 Å². The molecule has 1 rings (SSSR count). The number of phenols is 1. The number of carbonyl (C=O) groups is 9. The number of nitrogens with two attached hydrogens (primary N) is 1. The highest BCUT2D eigenvalue weighted by atomic mass is 32.2. The number of carboxylic acid groups (broad SMARTS) is 1.